The number of nitrogens with one attached hydrogen (secondary N) is 1. The molecule has 96 valence electrons. The molecule has 1 aromatic carbocycles. The van der Waals surface area contributed by atoms with Crippen LogP contribution in [0.1, 0.15) is 6.92 Å². The molecule has 0 saturated heterocycles. The van der Waals surface area contributed by atoms with Crippen LogP contribution in [-0.2, 0) is 4.79 Å². The molecule has 1 aromatic rings. The van der Waals surface area contributed by atoms with E-state index >= 15 is 0 Å². The topological polar surface area (TPSA) is 55.1 Å². The third-order valence-corrected chi connectivity index (χ3v) is 2.79. The molecule has 0 saturated carbocycles. The Hall–Kier alpha value is -1.10. The van der Waals surface area contributed by atoms with Crippen molar-refractivity contribution < 1.29 is 21.7 Å². The van der Waals surface area contributed by atoms with Gasteiger partial charge in [-0.05, 0) is 19.1 Å². The van der Waals surface area contributed by atoms with Gasteiger partial charge in [-0.15, -0.1) is 0 Å². The van der Waals surface area contributed by atoms with Crippen LogP contribution < -0.4 is 23.5 Å². The molecule has 5 heteroatoms. The van der Waals surface area contributed by atoms with Gasteiger partial charge in [-0.3, -0.25) is 10.5 Å². The van der Waals surface area contributed by atoms with E-state index in [1.807, 2.05) is 44.3 Å². The molecule has 0 aliphatic rings. The van der Waals surface area contributed by atoms with Crippen LogP contribution >= 0.6 is 0 Å². The number of anilines is 1. The molecule has 0 heterocycles. The number of likely N-dealkylation sites (N-methyl/N-ethyl adjacent to an activating group) is 1. The number of nitrogens with two attached hydrogens (primary N) is 1. The number of quaternary nitrogens is 1. The van der Waals surface area contributed by atoms with E-state index in [0.29, 0.717) is 17.7 Å². The standard InChI is InChI=1S/C12H19N3O.ClH/c1-3-15(2,10-13)9-12(16)14-11-7-5-4-6-8-11;/h4-8H,3,9-10,13H2,1-2H3;1H. The van der Waals surface area contributed by atoms with Gasteiger partial charge < -0.3 is 22.2 Å². The molecule has 0 aliphatic heterocycles. The summed E-state index contributed by atoms with van der Waals surface area (Å²) in [4.78, 5) is 11.8. The Morgan fingerprint density at radius 1 is 1.35 bits per heavy atom. The van der Waals surface area contributed by atoms with Crippen LogP contribution in [0.3, 0.4) is 0 Å². The molecule has 4 nitrogen and oxygen atoms in total. The summed E-state index contributed by atoms with van der Waals surface area (Å²) in [6.45, 7) is 3.75. The zero-order chi connectivity index (χ0) is 12.0. The predicted molar refractivity (Wildman–Crippen MR) is 65.7 cm³/mol. The van der Waals surface area contributed by atoms with Crippen molar-refractivity contribution in [3.8, 4) is 0 Å². The van der Waals surface area contributed by atoms with Gasteiger partial charge in [0.15, 0.2) is 6.54 Å². The van der Waals surface area contributed by atoms with Crippen LogP contribution in [0.15, 0.2) is 30.3 Å². The second-order valence-electron chi connectivity index (χ2n) is 4.19. The smallest absolute Gasteiger partial charge is 0.279 e. The van der Waals surface area contributed by atoms with E-state index in [2.05, 4.69) is 5.32 Å². The average Bonchev–Trinajstić information content (AvgIpc) is 2.30. The zero-order valence-electron chi connectivity index (χ0n) is 10.3. The Morgan fingerprint density at radius 3 is 2.41 bits per heavy atom. The molecule has 1 atom stereocenters. The van der Waals surface area contributed by atoms with Crippen molar-refractivity contribution in [2.45, 2.75) is 6.92 Å². The predicted octanol–water partition coefficient (Wildman–Crippen LogP) is -1.99. The van der Waals surface area contributed by atoms with Gasteiger partial charge >= 0.3 is 0 Å². The van der Waals surface area contributed by atoms with Gasteiger partial charge in [0.1, 0.15) is 6.67 Å². The summed E-state index contributed by atoms with van der Waals surface area (Å²) in [6.07, 6.45) is 0. The van der Waals surface area contributed by atoms with Gasteiger partial charge in [0.2, 0.25) is 0 Å². The summed E-state index contributed by atoms with van der Waals surface area (Å²) in [5.74, 6) is 0.000926. The summed E-state index contributed by atoms with van der Waals surface area (Å²) >= 11 is 0. The number of amides is 1. The van der Waals surface area contributed by atoms with Crippen LogP contribution in [-0.4, -0.2) is 37.2 Å². The lowest BCUT2D eigenvalue weighted by molar-refractivity contribution is -0.899. The second kappa shape index (κ2) is 7.27. The van der Waals surface area contributed by atoms with E-state index in [9.17, 15) is 4.79 Å². The monoisotopic (exact) mass is 257 g/mol. The molecular weight excluding hydrogens is 238 g/mol. The average molecular weight is 258 g/mol. The lowest BCUT2D eigenvalue weighted by atomic mass is 10.3. The molecule has 1 unspecified atom stereocenters. The molecule has 0 spiro atoms. The fourth-order valence-corrected chi connectivity index (χ4v) is 1.37. The first-order chi connectivity index (χ1) is 7.59. The summed E-state index contributed by atoms with van der Waals surface area (Å²) in [6, 6.07) is 9.45. The van der Waals surface area contributed by atoms with Gasteiger partial charge in [0.25, 0.3) is 5.91 Å². The summed E-state index contributed by atoms with van der Waals surface area (Å²) in [5.41, 5.74) is 6.48. The number of benzene rings is 1. The molecular formula is C12H20ClN3O. The van der Waals surface area contributed by atoms with Crippen molar-refractivity contribution in [2.75, 3.05) is 32.1 Å². The number of nitrogens with zero attached hydrogens (tertiary/aromatic N) is 1. The van der Waals surface area contributed by atoms with E-state index in [-0.39, 0.29) is 18.3 Å². The summed E-state index contributed by atoms with van der Waals surface area (Å²) in [7, 11) is 1.98. The fraction of sp³-hybridized carbons (Fsp3) is 0.417. The highest BCUT2D eigenvalue weighted by molar-refractivity contribution is 5.91. The molecule has 0 bridgehead atoms. The summed E-state index contributed by atoms with van der Waals surface area (Å²) < 4.78 is 0.554. The van der Waals surface area contributed by atoms with E-state index in [4.69, 9.17) is 5.73 Å². The first kappa shape index (κ1) is 15.9. The Balaban J connectivity index is 0.00000256. The number of hydrogen-bond donors (Lipinski definition) is 2. The van der Waals surface area contributed by atoms with Crippen molar-refractivity contribution >= 4 is 11.6 Å². The quantitative estimate of drug-likeness (QED) is 0.474. The van der Waals surface area contributed by atoms with Gasteiger partial charge in [0, 0.05) is 5.69 Å². The fourth-order valence-electron chi connectivity index (χ4n) is 1.37. The lowest BCUT2D eigenvalue weighted by Crippen LogP contribution is -3.00. The molecule has 0 aliphatic carbocycles. The SMILES string of the molecule is CC[N+](C)(CN)CC(=O)Nc1ccccc1.[Cl-]. The normalized spacial score (nSPS) is 13.4. The van der Waals surface area contributed by atoms with E-state index in [0.717, 1.165) is 12.2 Å². The van der Waals surface area contributed by atoms with E-state index in [1.165, 1.54) is 0 Å². The highest BCUT2D eigenvalue weighted by Gasteiger charge is 2.21. The van der Waals surface area contributed by atoms with Gasteiger partial charge in [-0.25, -0.2) is 0 Å². The first-order valence-corrected chi connectivity index (χ1v) is 5.48. The van der Waals surface area contributed by atoms with Crippen LogP contribution in [0.4, 0.5) is 5.69 Å². The van der Waals surface area contributed by atoms with Crippen molar-refractivity contribution in [3.63, 3.8) is 0 Å². The van der Waals surface area contributed by atoms with Gasteiger partial charge in [-0.1, -0.05) is 18.2 Å². The molecule has 0 fully saturated rings. The van der Waals surface area contributed by atoms with Crippen LogP contribution in [0.25, 0.3) is 0 Å². The maximum atomic E-state index is 11.8. The van der Waals surface area contributed by atoms with Crippen LogP contribution in [0.5, 0.6) is 0 Å². The minimum atomic E-state index is 0. The summed E-state index contributed by atoms with van der Waals surface area (Å²) in [5, 5.41) is 2.86. The molecule has 1 rings (SSSR count). The largest absolute Gasteiger partial charge is 1.00 e. The molecule has 1 amide bonds. The van der Waals surface area contributed by atoms with Gasteiger partial charge in [0.05, 0.1) is 13.6 Å². The number of para-hydroxylation sites is 1. The van der Waals surface area contributed by atoms with E-state index in [1.54, 1.807) is 0 Å². The number of carbonyl (C=O) groups is 1. The Labute approximate surface area is 109 Å². The second-order valence-corrected chi connectivity index (χ2v) is 4.19. The zero-order valence-corrected chi connectivity index (χ0v) is 11.1. The van der Waals surface area contributed by atoms with E-state index < -0.39 is 0 Å². The Morgan fingerprint density at radius 2 is 1.94 bits per heavy atom. The van der Waals surface area contributed by atoms with Crippen molar-refractivity contribution in [1.29, 1.82) is 0 Å². The third kappa shape index (κ3) is 5.17. The molecule has 0 aromatic heterocycles. The highest BCUT2D eigenvalue weighted by Crippen LogP contribution is 2.06. The maximum Gasteiger partial charge on any atom is 0.279 e. The number of rotatable bonds is 5. The minimum absolute atomic E-state index is 0. The van der Waals surface area contributed by atoms with Gasteiger partial charge in [-0.2, -0.15) is 0 Å². The Kier molecular flexibility index (Phi) is 6.80. The van der Waals surface area contributed by atoms with Crippen molar-refractivity contribution in [1.82, 2.24) is 0 Å². The molecule has 0 radical (unpaired) electrons. The molecule has 3 N–H and O–H groups in total. The maximum absolute atomic E-state index is 11.8. The van der Waals surface area contributed by atoms with Crippen molar-refractivity contribution in [2.24, 2.45) is 5.73 Å². The lowest BCUT2D eigenvalue weighted by Gasteiger charge is -2.30. The highest BCUT2D eigenvalue weighted by atomic mass is 35.5. The minimum Gasteiger partial charge on any atom is -1.00 e. The first-order valence-electron chi connectivity index (χ1n) is 5.48. The van der Waals surface area contributed by atoms with Crippen molar-refractivity contribution in [3.05, 3.63) is 30.3 Å². The number of carbonyl (C=O) groups excluding carboxylic acids is 1. The Bertz CT molecular complexity index is 339. The number of hydrogen-bond acceptors (Lipinski definition) is 2. The molecule has 17 heavy (non-hydrogen) atoms. The number of halogens is 1. The van der Waals surface area contributed by atoms with Crippen LogP contribution in [0, 0.1) is 0 Å². The third-order valence-electron chi connectivity index (χ3n) is 2.79. The van der Waals surface area contributed by atoms with Crippen LogP contribution in [0.2, 0.25) is 0 Å².